The smallest absolute Gasteiger partial charge is 0.309 e. The lowest BCUT2D eigenvalue weighted by Crippen LogP contribution is -2.41. The zero-order valence-electron chi connectivity index (χ0n) is 19.2. The molecular weight excluding hydrogens is 406 g/mol. The first-order chi connectivity index (χ1) is 15.5. The Bertz CT molecular complexity index is 943. The van der Waals surface area contributed by atoms with Crippen LogP contribution in [0.25, 0.3) is 0 Å². The second-order valence-electron chi connectivity index (χ2n) is 7.90. The number of rotatable bonds is 9. The molecule has 0 bridgehead atoms. The van der Waals surface area contributed by atoms with Crippen LogP contribution in [-0.2, 0) is 14.3 Å². The van der Waals surface area contributed by atoms with Gasteiger partial charge in [0.1, 0.15) is 5.75 Å². The van der Waals surface area contributed by atoms with Gasteiger partial charge in [-0.15, -0.1) is 0 Å². The molecule has 170 valence electrons. The summed E-state index contributed by atoms with van der Waals surface area (Å²) in [5, 5.41) is 6.32. The summed E-state index contributed by atoms with van der Waals surface area (Å²) in [5.41, 5.74) is 2.89. The molecule has 1 aliphatic heterocycles. The molecule has 0 saturated heterocycles. The Kier molecular flexibility index (Phi) is 8.00. The first-order valence-electron chi connectivity index (χ1n) is 10.9. The van der Waals surface area contributed by atoms with E-state index in [9.17, 15) is 9.59 Å². The van der Waals surface area contributed by atoms with E-state index >= 15 is 0 Å². The van der Waals surface area contributed by atoms with E-state index in [-0.39, 0.29) is 30.4 Å². The van der Waals surface area contributed by atoms with Crippen molar-refractivity contribution >= 4 is 17.6 Å². The summed E-state index contributed by atoms with van der Waals surface area (Å²) in [6.07, 6.45) is 0.632. The number of nitrogens with zero attached hydrogens (tertiary/aromatic N) is 3. The highest BCUT2D eigenvalue weighted by Gasteiger charge is 2.34. The number of carbonyl (C=O) groups is 2. The normalized spacial score (nSPS) is 16.6. The van der Waals surface area contributed by atoms with Gasteiger partial charge in [0.2, 0.25) is 0 Å². The van der Waals surface area contributed by atoms with E-state index in [1.165, 1.54) is 7.11 Å². The predicted octanol–water partition coefficient (Wildman–Crippen LogP) is 3.50. The topological polar surface area (TPSA) is 71.4 Å². The molecule has 2 aromatic rings. The Labute approximate surface area is 189 Å². The van der Waals surface area contributed by atoms with E-state index in [0.29, 0.717) is 19.5 Å². The molecule has 0 N–H and O–H groups in total. The third kappa shape index (κ3) is 5.53. The molecule has 2 aromatic carbocycles. The van der Waals surface area contributed by atoms with Gasteiger partial charge < -0.3 is 9.47 Å². The zero-order valence-corrected chi connectivity index (χ0v) is 19.2. The van der Waals surface area contributed by atoms with Crippen LogP contribution in [-0.4, -0.2) is 61.4 Å². The standard InChI is InChI=1S/C25H31N3O4/c1-5-27(16-18(2)25(30)32-4)17-24(29)28-23(20-11-13-21(31-3)14-12-20)15-22(26-28)19-9-7-6-8-10-19/h6-14,18,23H,5,15-17H2,1-4H3. The molecule has 7 nitrogen and oxygen atoms in total. The van der Waals surface area contributed by atoms with Gasteiger partial charge in [-0.25, -0.2) is 5.01 Å². The number of ether oxygens (including phenoxy) is 2. The SMILES string of the molecule is CCN(CC(=O)N1N=C(c2ccccc2)CC1c1ccc(OC)cc1)CC(C)C(=O)OC. The summed E-state index contributed by atoms with van der Waals surface area (Å²) in [4.78, 5) is 27.1. The lowest BCUT2D eigenvalue weighted by molar-refractivity contribution is -0.146. The first kappa shape index (κ1) is 23.5. The number of benzene rings is 2. The second kappa shape index (κ2) is 10.9. The van der Waals surface area contributed by atoms with Crippen LogP contribution in [0.1, 0.15) is 37.4 Å². The van der Waals surface area contributed by atoms with E-state index in [1.54, 1.807) is 19.0 Å². The fraction of sp³-hybridized carbons (Fsp3) is 0.400. The van der Waals surface area contributed by atoms with Crippen molar-refractivity contribution in [1.29, 1.82) is 0 Å². The van der Waals surface area contributed by atoms with Crippen molar-refractivity contribution in [1.82, 2.24) is 9.91 Å². The van der Waals surface area contributed by atoms with Crippen molar-refractivity contribution in [3.05, 3.63) is 65.7 Å². The highest BCUT2D eigenvalue weighted by Crippen LogP contribution is 2.33. The van der Waals surface area contributed by atoms with E-state index in [2.05, 4.69) is 0 Å². The monoisotopic (exact) mass is 437 g/mol. The average Bonchev–Trinajstić information content (AvgIpc) is 3.29. The van der Waals surface area contributed by atoms with Crippen LogP contribution in [0.15, 0.2) is 59.7 Å². The fourth-order valence-corrected chi connectivity index (χ4v) is 3.86. The van der Waals surface area contributed by atoms with Crippen LogP contribution < -0.4 is 4.74 Å². The van der Waals surface area contributed by atoms with Gasteiger partial charge in [0.05, 0.1) is 38.4 Å². The maximum Gasteiger partial charge on any atom is 0.309 e. The minimum absolute atomic E-state index is 0.101. The molecule has 1 aliphatic rings. The number of esters is 1. The van der Waals surface area contributed by atoms with Gasteiger partial charge in [0, 0.05) is 13.0 Å². The molecule has 1 heterocycles. The molecule has 2 atom stereocenters. The molecule has 0 radical (unpaired) electrons. The Morgan fingerprint density at radius 3 is 2.41 bits per heavy atom. The van der Waals surface area contributed by atoms with Gasteiger partial charge in [-0.1, -0.05) is 56.3 Å². The number of methoxy groups -OCH3 is 2. The van der Waals surface area contributed by atoms with Gasteiger partial charge in [-0.05, 0) is 29.8 Å². The number of amides is 1. The summed E-state index contributed by atoms with van der Waals surface area (Å²) >= 11 is 0. The highest BCUT2D eigenvalue weighted by atomic mass is 16.5. The van der Waals surface area contributed by atoms with Gasteiger partial charge in [-0.2, -0.15) is 5.10 Å². The second-order valence-corrected chi connectivity index (χ2v) is 7.90. The number of hydrogen-bond donors (Lipinski definition) is 0. The summed E-state index contributed by atoms with van der Waals surface area (Å²) < 4.78 is 10.1. The molecule has 0 saturated carbocycles. The van der Waals surface area contributed by atoms with Crippen LogP contribution in [0.5, 0.6) is 5.75 Å². The third-order valence-electron chi connectivity index (χ3n) is 5.72. The molecule has 0 fully saturated rings. The highest BCUT2D eigenvalue weighted by molar-refractivity contribution is 6.03. The molecule has 7 heteroatoms. The van der Waals surface area contributed by atoms with Crippen LogP contribution in [0.4, 0.5) is 0 Å². The number of likely N-dealkylation sites (N-methyl/N-ethyl adjacent to an activating group) is 1. The van der Waals surface area contributed by atoms with E-state index < -0.39 is 0 Å². The predicted molar refractivity (Wildman–Crippen MR) is 123 cm³/mol. The summed E-state index contributed by atoms with van der Waals surface area (Å²) in [6, 6.07) is 17.5. The van der Waals surface area contributed by atoms with Crippen molar-refractivity contribution in [2.24, 2.45) is 11.0 Å². The van der Waals surface area contributed by atoms with Crippen molar-refractivity contribution < 1.29 is 19.1 Å². The number of carbonyl (C=O) groups excluding carboxylic acids is 2. The van der Waals surface area contributed by atoms with Crippen LogP contribution in [0, 0.1) is 5.92 Å². The van der Waals surface area contributed by atoms with Crippen molar-refractivity contribution in [3.8, 4) is 5.75 Å². The summed E-state index contributed by atoms with van der Waals surface area (Å²) in [7, 11) is 3.01. The quantitative estimate of drug-likeness (QED) is 0.562. The van der Waals surface area contributed by atoms with Crippen molar-refractivity contribution in [2.75, 3.05) is 33.9 Å². The molecule has 1 amide bonds. The molecule has 0 aliphatic carbocycles. The largest absolute Gasteiger partial charge is 0.497 e. The zero-order chi connectivity index (χ0) is 23.1. The number of hydrazone groups is 1. The van der Waals surface area contributed by atoms with Crippen LogP contribution in [0.3, 0.4) is 0 Å². The summed E-state index contributed by atoms with van der Waals surface area (Å²) in [5.74, 6) is 0.0723. The minimum atomic E-state index is -0.313. The third-order valence-corrected chi connectivity index (χ3v) is 5.72. The Morgan fingerprint density at radius 1 is 1.12 bits per heavy atom. The van der Waals surface area contributed by atoms with E-state index in [1.807, 2.05) is 66.4 Å². The van der Waals surface area contributed by atoms with Gasteiger partial charge in [-0.3, -0.25) is 14.5 Å². The maximum absolute atomic E-state index is 13.4. The van der Waals surface area contributed by atoms with Gasteiger partial charge in [0.25, 0.3) is 5.91 Å². The molecule has 0 aromatic heterocycles. The van der Waals surface area contributed by atoms with Crippen molar-refractivity contribution in [2.45, 2.75) is 26.3 Å². The molecule has 32 heavy (non-hydrogen) atoms. The molecule has 0 spiro atoms. The average molecular weight is 438 g/mol. The molecular formula is C25H31N3O4. The molecule has 2 unspecified atom stereocenters. The van der Waals surface area contributed by atoms with Crippen LogP contribution >= 0.6 is 0 Å². The van der Waals surface area contributed by atoms with Gasteiger partial charge in [0.15, 0.2) is 0 Å². The van der Waals surface area contributed by atoms with Crippen LogP contribution in [0.2, 0.25) is 0 Å². The number of hydrogen-bond acceptors (Lipinski definition) is 6. The minimum Gasteiger partial charge on any atom is -0.497 e. The van der Waals surface area contributed by atoms with Crippen molar-refractivity contribution in [3.63, 3.8) is 0 Å². The lowest BCUT2D eigenvalue weighted by Gasteiger charge is -2.27. The lowest BCUT2D eigenvalue weighted by atomic mass is 9.98. The molecule has 3 rings (SSSR count). The Hall–Kier alpha value is -3.19. The van der Waals surface area contributed by atoms with Gasteiger partial charge >= 0.3 is 5.97 Å². The first-order valence-corrected chi connectivity index (χ1v) is 10.9. The maximum atomic E-state index is 13.4. The Balaban J connectivity index is 1.82. The summed E-state index contributed by atoms with van der Waals surface area (Å²) in [6.45, 7) is 5.05. The Morgan fingerprint density at radius 2 is 1.81 bits per heavy atom. The van der Waals surface area contributed by atoms with E-state index in [0.717, 1.165) is 22.6 Å². The van der Waals surface area contributed by atoms with E-state index in [4.69, 9.17) is 14.6 Å². The fourth-order valence-electron chi connectivity index (χ4n) is 3.86.